The van der Waals surface area contributed by atoms with Gasteiger partial charge in [0.2, 0.25) is 21.9 Å². The summed E-state index contributed by atoms with van der Waals surface area (Å²) >= 11 is 0. The van der Waals surface area contributed by atoms with Gasteiger partial charge in [-0.1, -0.05) is 12.1 Å². The van der Waals surface area contributed by atoms with Crippen LogP contribution in [0, 0.1) is 12.7 Å². The van der Waals surface area contributed by atoms with E-state index in [9.17, 15) is 8.42 Å². The number of primary sulfonamides is 1. The van der Waals surface area contributed by atoms with Crippen LogP contribution < -0.4 is 20.5 Å². The molecule has 0 aliphatic carbocycles. The van der Waals surface area contributed by atoms with Gasteiger partial charge in [0, 0.05) is 42.5 Å². The lowest BCUT2D eigenvalue weighted by Gasteiger charge is -2.24. The van der Waals surface area contributed by atoms with Gasteiger partial charge in [-0.3, -0.25) is 0 Å². The third-order valence-corrected chi connectivity index (χ3v) is 9.06. The molecule has 2 aromatic heterocycles. The lowest BCUT2D eigenvalue weighted by molar-refractivity contribution is 0.106. The van der Waals surface area contributed by atoms with Gasteiger partial charge < -0.3 is 20.1 Å². The minimum absolute atomic E-state index is 0. The zero-order chi connectivity index (χ0) is 29.3. The zero-order valence-electron chi connectivity index (χ0n) is 23.6. The number of rotatable bonds is 8. The smallest absolute Gasteiger partial charge is 0.228 e. The number of piperidine rings is 1. The molecule has 228 valence electrons. The molecule has 2 saturated heterocycles. The van der Waals surface area contributed by atoms with E-state index in [0.717, 1.165) is 31.5 Å². The third kappa shape index (κ3) is 6.58. The summed E-state index contributed by atoms with van der Waals surface area (Å²) in [6, 6.07) is 12.0. The number of aromatic nitrogens is 3. The Labute approximate surface area is 256 Å². The van der Waals surface area contributed by atoms with Gasteiger partial charge in [-0.15, -0.1) is 12.4 Å². The van der Waals surface area contributed by atoms with E-state index >= 15 is 4.39 Å². The van der Waals surface area contributed by atoms with E-state index in [1.165, 1.54) is 6.07 Å². The van der Waals surface area contributed by atoms with Crippen molar-refractivity contribution in [2.24, 2.45) is 5.14 Å². The van der Waals surface area contributed by atoms with Crippen LogP contribution in [0.3, 0.4) is 0 Å². The molecule has 3 atom stereocenters. The van der Waals surface area contributed by atoms with Gasteiger partial charge >= 0.3 is 0 Å². The topological polar surface area (TPSA) is 141 Å². The molecule has 43 heavy (non-hydrogen) atoms. The maximum atomic E-state index is 15.5. The lowest BCUT2D eigenvalue weighted by atomic mass is 9.95. The zero-order valence-corrected chi connectivity index (χ0v) is 25.3. The highest BCUT2D eigenvalue weighted by atomic mass is 35.5. The third-order valence-electron chi connectivity index (χ3n) is 7.81. The Bertz CT molecular complexity index is 1710. The minimum Gasteiger partial charge on any atom is -0.437 e. The summed E-state index contributed by atoms with van der Waals surface area (Å²) in [5.74, 6) is 0.570. The molecule has 4 heterocycles. The van der Waals surface area contributed by atoms with Crippen LogP contribution >= 0.6 is 12.4 Å². The lowest BCUT2D eigenvalue weighted by Crippen LogP contribution is -2.38. The summed E-state index contributed by atoms with van der Waals surface area (Å²) in [5, 5.41) is 12.0. The fourth-order valence-corrected chi connectivity index (χ4v) is 7.02. The Kier molecular flexibility index (Phi) is 9.42. The van der Waals surface area contributed by atoms with Crippen molar-refractivity contribution < 1.29 is 22.3 Å². The number of benzene rings is 2. The predicted octanol–water partition coefficient (Wildman–Crippen LogP) is 5.03. The van der Waals surface area contributed by atoms with Gasteiger partial charge in [-0.25, -0.2) is 32.9 Å². The number of nitrogens with two attached hydrogens (primary N) is 1. The van der Waals surface area contributed by atoms with Crippen LogP contribution in [0.4, 0.5) is 10.3 Å². The van der Waals surface area contributed by atoms with Crippen molar-refractivity contribution in [2.75, 3.05) is 25.0 Å². The van der Waals surface area contributed by atoms with Crippen molar-refractivity contribution in [3.8, 4) is 22.9 Å². The molecule has 0 amide bonds. The standard InChI is InChI=1S/C30H33FN6O4S.ClH/c1-18-8-9-20-21(10-11-23(31)26(20)28(42(32,38)39)25-7-4-16-40-25)27(18)41-29-22(6-3-14-34-29)24-12-15-35-30(37-24)36-19-5-2-13-33-17-19;/h3,6,8-12,14-15,19,25,28,33H,2,4-5,7,13,16-17H2,1H3,(H2,32,38,39)(H,35,36,37);1H/t19-,25+,28?;/m0./s1. The van der Waals surface area contributed by atoms with Crippen LogP contribution in [0.5, 0.6) is 11.6 Å². The van der Waals surface area contributed by atoms with E-state index in [-0.39, 0.29) is 24.0 Å². The molecule has 13 heteroatoms. The van der Waals surface area contributed by atoms with Gasteiger partial charge in [0.25, 0.3) is 0 Å². The first-order chi connectivity index (χ1) is 20.3. The monoisotopic (exact) mass is 628 g/mol. The van der Waals surface area contributed by atoms with Crippen molar-refractivity contribution in [3.05, 3.63) is 71.8 Å². The first kappa shape index (κ1) is 31.0. The SMILES string of the molecule is Cc1ccc2c(C([C@H]3CCCO3)S(N)(=O)=O)c(F)ccc2c1Oc1ncccc1-c1ccnc(N[C@H]2CCCNC2)n1.Cl. The molecular weight excluding hydrogens is 595 g/mol. The Morgan fingerprint density at radius 1 is 1.09 bits per heavy atom. The fraction of sp³-hybridized carbons (Fsp3) is 0.367. The average molecular weight is 629 g/mol. The average Bonchev–Trinajstić information content (AvgIpc) is 3.50. The Morgan fingerprint density at radius 2 is 1.93 bits per heavy atom. The Morgan fingerprint density at radius 3 is 2.67 bits per heavy atom. The van der Waals surface area contributed by atoms with E-state index in [4.69, 9.17) is 19.6 Å². The number of halogens is 2. The van der Waals surface area contributed by atoms with Gasteiger partial charge in [-0.2, -0.15) is 0 Å². The summed E-state index contributed by atoms with van der Waals surface area (Å²) in [7, 11) is -4.20. The molecule has 2 aliphatic heterocycles. The fourth-order valence-electron chi connectivity index (χ4n) is 5.81. The summed E-state index contributed by atoms with van der Waals surface area (Å²) < 4.78 is 53.1. The normalized spacial score (nSPS) is 19.5. The molecule has 6 rings (SSSR count). The van der Waals surface area contributed by atoms with Crippen molar-refractivity contribution in [1.29, 1.82) is 0 Å². The summed E-state index contributed by atoms with van der Waals surface area (Å²) in [5.41, 5.74) is 2.01. The van der Waals surface area contributed by atoms with Crippen LogP contribution in [0.2, 0.25) is 0 Å². The molecule has 10 nitrogen and oxygen atoms in total. The number of sulfonamides is 1. The first-order valence-electron chi connectivity index (χ1n) is 14.1. The number of nitrogens with one attached hydrogen (secondary N) is 2. The van der Waals surface area contributed by atoms with Gasteiger partial charge in [0.15, 0.2) is 0 Å². The number of nitrogens with zero attached hydrogens (tertiary/aromatic N) is 3. The van der Waals surface area contributed by atoms with Crippen LogP contribution in [-0.4, -0.2) is 55.2 Å². The van der Waals surface area contributed by atoms with Crippen LogP contribution in [0.1, 0.15) is 42.1 Å². The number of hydrogen-bond donors (Lipinski definition) is 3. The van der Waals surface area contributed by atoms with E-state index in [0.29, 0.717) is 59.1 Å². The summed E-state index contributed by atoms with van der Waals surface area (Å²) in [6.45, 7) is 4.12. The van der Waals surface area contributed by atoms with Crippen molar-refractivity contribution in [1.82, 2.24) is 20.3 Å². The van der Waals surface area contributed by atoms with E-state index in [2.05, 4.69) is 20.6 Å². The van der Waals surface area contributed by atoms with Gasteiger partial charge in [0.05, 0.1) is 17.4 Å². The maximum Gasteiger partial charge on any atom is 0.228 e. The number of hydrogen-bond acceptors (Lipinski definition) is 9. The highest BCUT2D eigenvalue weighted by molar-refractivity contribution is 7.89. The first-order valence-corrected chi connectivity index (χ1v) is 15.7. The predicted molar refractivity (Wildman–Crippen MR) is 166 cm³/mol. The second-order valence-corrected chi connectivity index (χ2v) is 12.4. The second-order valence-electron chi connectivity index (χ2n) is 10.7. The van der Waals surface area contributed by atoms with Gasteiger partial charge in [0.1, 0.15) is 16.8 Å². The number of fused-ring (bicyclic) bond motifs is 1. The van der Waals surface area contributed by atoms with Crippen molar-refractivity contribution in [2.45, 2.75) is 50.0 Å². The molecule has 0 spiro atoms. The molecule has 4 aromatic rings. The molecule has 0 radical (unpaired) electrons. The van der Waals surface area contributed by atoms with Crippen molar-refractivity contribution in [3.63, 3.8) is 0 Å². The summed E-state index contributed by atoms with van der Waals surface area (Å²) in [4.78, 5) is 13.6. The number of pyridine rings is 1. The van der Waals surface area contributed by atoms with Crippen LogP contribution in [0.25, 0.3) is 22.0 Å². The van der Waals surface area contributed by atoms with Crippen molar-refractivity contribution >= 4 is 39.2 Å². The largest absolute Gasteiger partial charge is 0.437 e. The highest BCUT2D eigenvalue weighted by Gasteiger charge is 2.38. The Balaban J connectivity index is 0.00000368. The van der Waals surface area contributed by atoms with Gasteiger partial charge in [-0.05, 0) is 80.4 Å². The number of anilines is 1. The minimum atomic E-state index is -4.20. The molecular formula is C30H34ClFN6O4S. The Hall–Kier alpha value is -3.42. The molecule has 4 N–H and O–H groups in total. The van der Waals surface area contributed by atoms with Crippen LogP contribution in [-0.2, 0) is 14.8 Å². The molecule has 1 unspecified atom stereocenters. The number of aryl methyl sites for hydroxylation is 1. The van der Waals surface area contributed by atoms with E-state index in [1.807, 2.05) is 13.0 Å². The molecule has 2 aromatic carbocycles. The summed E-state index contributed by atoms with van der Waals surface area (Å²) in [6.07, 6.45) is 5.83. The highest BCUT2D eigenvalue weighted by Crippen LogP contribution is 2.42. The van der Waals surface area contributed by atoms with Crippen LogP contribution in [0.15, 0.2) is 54.9 Å². The molecule has 0 saturated carbocycles. The van der Waals surface area contributed by atoms with E-state index in [1.54, 1.807) is 42.7 Å². The molecule has 0 bridgehead atoms. The second kappa shape index (κ2) is 13.1. The molecule has 2 fully saturated rings. The quantitative estimate of drug-likeness (QED) is 0.245. The van der Waals surface area contributed by atoms with E-state index < -0.39 is 27.2 Å². The number of ether oxygens (including phenoxy) is 2. The molecule has 2 aliphatic rings. The maximum absolute atomic E-state index is 15.5.